The van der Waals surface area contributed by atoms with Gasteiger partial charge < -0.3 is 20.1 Å². The minimum atomic E-state index is -0.0865. The van der Waals surface area contributed by atoms with Gasteiger partial charge >= 0.3 is 0 Å². The highest BCUT2D eigenvalue weighted by atomic mass is 35.5. The quantitative estimate of drug-likeness (QED) is 0.548. The molecule has 0 saturated carbocycles. The Kier molecular flexibility index (Phi) is 7.13. The average molecular weight is 443 g/mol. The molecule has 2 N–H and O–H groups in total. The molecular weight excluding hydrogens is 416 g/mol. The zero-order valence-corrected chi connectivity index (χ0v) is 19.3. The van der Waals surface area contributed by atoms with Crippen LogP contribution in [0.5, 0.6) is 0 Å². The number of aryl methyl sites for hydroxylation is 2. The molecule has 0 atom stereocenters. The molecule has 0 unspecified atom stereocenters. The van der Waals surface area contributed by atoms with Gasteiger partial charge in [0.2, 0.25) is 0 Å². The van der Waals surface area contributed by atoms with Gasteiger partial charge in [0, 0.05) is 29.4 Å². The third kappa shape index (κ3) is 5.39. The molecule has 7 heteroatoms. The molecule has 0 radical (unpaired) electrons. The first kappa shape index (κ1) is 22.3. The van der Waals surface area contributed by atoms with Gasteiger partial charge in [0.15, 0.2) is 5.11 Å². The number of thiocarbonyl (C=S) groups is 1. The van der Waals surface area contributed by atoms with E-state index in [4.69, 9.17) is 23.8 Å². The van der Waals surface area contributed by atoms with Crippen LogP contribution < -0.4 is 10.9 Å². The number of pyridine rings is 1. The number of halogens is 1. The van der Waals surface area contributed by atoms with Gasteiger partial charge in [0.05, 0.1) is 12.1 Å². The minimum Gasteiger partial charge on any atom is -0.343 e. The number of aromatic amines is 1. The summed E-state index contributed by atoms with van der Waals surface area (Å²) in [4.78, 5) is 20.0. The van der Waals surface area contributed by atoms with Crippen molar-refractivity contribution in [3.8, 4) is 0 Å². The van der Waals surface area contributed by atoms with E-state index in [1.165, 1.54) is 0 Å². The smallest absolute Gasteiger partial charge is 0.253 e. The highest BCUT2D eigenvalue weighted by molar-refractivity contribution is 7.80. The predicted molar refractivity (Wildman–Crippen MR) is 131 cm³/mol. The van der Waals surface area contributed by atoms with Crippen molar-refractivity contribution in [3.05, 3.63) is 74.5 Å². The van der Waals surface area contributed by atoms with E-state index in [2.05, 4.69) is 21.3 Å². The number of hydrogen-bond acceptors (Lipinski definition) is 3. The SMILES string of the molecule is Cc1ccc2cc(CN(CCN(C)C)C(=S)Nc3cccc(Cl)c3)c(=O)[nH]c2c1C. The lowest BCUT2D eigenvalue weighted by Crippen LogP contribution is -2.40. The Morgan fingerprint density at radius 3 is 2.60 bits per heavy atom. The van der Waals surface area contributed by atoms with Gasteiger partial charge in [-0.25, -0.2) is 0 Å². The number of anilines is 1. The number of rotatable bonds is 6. The van der Waals surface area contributed by atoms with Crippen molar-refractivity contribution >= 4 is 45.5 Å². The van der Waals surface area contributed by atoms with Crippen LogP contribution >= 0.6 is 23.8 Å². The van der Waals surface area contributed by atoms with E-state index in [0.717, 1.165) is 34.3 Å². The van der Waals surface area contributed by atoms with Crippen LogP contribution in [0.4, 0.5) is 5.69 Å². The molecule has 0 aliphatic heterocycles. The van der Waals surface area contributed by atoms with Crippen LogP contribution in [0.1, 0.15) is 16.7 Å². The van der Waals surface area contributed by atoms with Crippen molar-refractivity contribution in [3.63, 3.8) is 0 Å². The first-order valence-corrected chi connectivity index (χ1v) is 10.6. The van der Waals surface area contributed by atoms with Gasteiger partial charge in [-0.05, 0) is 80.9 Å². The molecule has 0 saturated heterocycles. The second-order valence-corrected chi connectivity index (χ2v) is 8.58. The lowest BCUT2D eigenvalue weighted by atomic mass is 10.0. The van der Waals surface area contributed by atoms with Gasteiger partial charge in [0.1, 0.15) is 0 Å². The van der Waals surface area contributed by atoms with Crippen LogP contribution in [0.3, 0.4) is 0 Å². The normalized spacial score (nSPS) is 11.1. The summed E-state index contributed by atoms with van der Waals surface area (Å²) in [6, 6.07) is 13.5. The Morgan fingerprint density at radius 2 is 1.90 bits per heavy atom. The van der Waals surface area contributed by atoms with Crippen LogP contribution in [0, 0.1) is 13.8 Å². The van der Waals surface area contributed by atoms with E-state index in [1.807, 2.05) is 69.2 Å². The molecule has 0 aliphatic rings. The van der Waals surface area contributed by atoms with E-state index < -0.39 is 0 Å². The van der Waals surface area contributed by atoms with Crippen molar-refractivity contribution in [2.75, 3.05) is 32.5 Å². The maximum Gasteiger partial charge on any atom is 0.253 e. The third-order valence-electron chi connectivity index (χ3n) is 5.17. The average Bonchev–Trinajstić information content (AvgIpc) is 2.68. The molecule has 0 fully saturated rings. The van der Waals surface area contributed by atoms with Crippen molar-refractivity contribution in [2.45, 2.75) is 20.4 Å². The minimum absolute atomic E-state index is 0.0865. The van der Waals surface area contributed by atoms with E-state index in [0.29, 0.717) is 28.8 Å². The summed E-state index contributed by atoms with van der Waals surface area (Å²) in [5, 5.41) is 5.46. The zero-order valence-electron chi connectivity index (χ0n) is 17.8. The molecule has 30 heavy (non-hydrogen) atoms. The number of hydrogen-bond donors (Lipinski definition) is 2. The topological polar surface area (TPSA) is 51.4 Å². The lowest BCUT2D eigenvalue weighted by Gasteiger charge is -2.27. The summed E-state index contributed by atoms with van der Waals surface area (Å²) in [6.45, 7) is 5.98. The van der Waals surface area contributed by atoms with E-state index in [1.54, 1.807) is 0 Å². The Labute approximate surface area is 187 Å². The Bertz CT molecular complexity index is 1130. The second kappa shape index (κ2) is 9.60. The van der Waals surface area contributed by atoms with Crippen molar-refractivity contribution < 1.29 is 0 Å². The molecule has 5 nitrogen and oxygen atoms in total. The fourth-order valence-corrected chi connectivity index (χ4v) is 3.70. The van der Waals surface area contributed by atoms with Crippen molar-refractivity contribution in [2.24, 2.45) is 0 Å². The summed E-state index contributed by atoms with van der Waals surface area (Å²) >= 11 is 11.8. The van der Waals surface area contributed by atoms with Crippen LogP contribution in [0.25, 0.3) is 10.9 Å². The highest BCUT2D eigenvalue weighted by Gasteiger charge is 2.15. The van der Waals surface area contributed by atoms with Crippen molar-refractivity contribution in [1.82, 2.24) is 14.8 Å². The standard InChI is InChI=1S/C23H27ClN4OS/c1-15-8-9-17-12-18(22(29)26-21(17)16(15)2)14-28(11-10-27(3)4)23(30)25-20-7-5-6-19(24)13-20/h5-9,12-13H,10-11,14H2,1-4H3,(H,25,30)(H,26,29). The molecule has 3 rings (SSSR count). The monoisotopic (exact) mass is 442 g/mol. The number of H-pyrrole nitrogens is 1. The Morgan fingerprint density at radius 1 is 1.13 bits per heavy atom. The third-order valence-corrected chi connectivity index (χ3v) is 5.76. The fourth-order valence-electron chi connectivity index (χ4n) is 3.24. The number of nitrogens with one attached hydrogen (secondary N) is 2. The molecule has 158 valence electrons. The summed E-state index contributed by atoms with van der Waals surface area (Å²) < 4.78 is 0. The molecule has 0 aliphatic carbocycles. The molecule has 1 heterocycles. The highest BCUT2D eigenvalue weighted by Crippen LogP contribution is 2.20. The maximum atomic E-state index is 12.8. The van der Waals surface area contributed by atoms with Gasteiger partial charge in [0.25, 0.3) is 5.56 Å². The summed E-state index contributed by atoms with van der Waals surface area (Å²) in [6.07, 6.45) is 0. The number of nitrogens with zero attached hydrogens (tertiary/aromatic N) is 2. The second-order valence-electron chi connectivity index (χ2n) is 7.76. The van der Waals surface area contributed by atoms with Crippen molar-refractivity contribution in [1.29, 1.82) is 0 Å². The number of fused-ring (bicyclic) bond motifs is 1. The number of likely N-dealkylation sites (N-methyl/N-ethyl adjacent to an activating group) is 1. The molecule has 0 bridgehead atoms. The van der Waals surface area contributed by atoms with Gasteiger partial charge in [-0.2, -0.15) is 0 Å². The summed E-state index contributed by atoms with van der Waals surface area (Å²) in [5.74, 6) is 0. The van der Waals surface area contributed by atoms with Crippen LogP contribution in [0.2, 0.25) is 5.02 Å². The number of aromatic nitrogens is 1. The molecule has 0 spiro atoms. The van der Waals surface area contributed by atoms with E-state index in [9.17, 15) is 4.79 Å². The van der Waals surface area contributed by atoms with Gasteiger partial charge in [-0.1, -0.05) is 29.8 Å². The maximum absolute atomic E-state index is 12.8. The van der Waals surface area contributed by atoms with Gasteiger partial charge in [-0.15, -0.1) is 0 Å². The lowest BCUT2D eigenvalue weighted by molar-refractivity contribution is 0.327. The van der Waals surface area contributed by atoms with Gasteiger partial charge in [-0.3, -0.25) is 4.79 Å². The van der Waals surface area contributed by atoms with Crippen LogP contribution in [-0.4, -0.2) is 47.1 Å². The molecule has 0 amide bonds. The molecule has 2 aromatic carbocycles. The number of benzene rings is 2. The first-order chi connectivity index (χ1) is 14.2. The van der Waals surface area contributed by atoms with E-state index in [-0.39, 0.29) is 5.56 Å². The Hall–Kier alpha value is -2.41. The molecule has 3 aromatic rings. The molecular formula is C23H27ClN4OS. The molecule has 1 aromatic heterocycles. The summed E-state index contributed by atoms with van der Waals surface area (Å²) in [5.41, 5.74) is 4.56. The predicted octanol–water partition coefficient (Wildman–Crippen LogP) is 4.56. The first-order valence-electron chi connectivity index (χ1n) is 9.83. The largest absolute Gasteiger partial charge is 0.343 e. The zero-order chi connectivity index (χ0) is 21.8. The van der Waals surface area contributed by atoms with Crippen LogP contribution in [0.15, 0.2) is 47.3 Å². The van der Waals surface area contributed by atoms with Crippen LogP contribution in [-0.2, 0) is 6.54 Å². The fraction of sp³-hybridized carbons (Fsp3) is 0.304. The Balaban J connectivity index is 1.89. The summed E-state index contributed by atoms with van der Waals surface area (Å²) in [7, 11) is 4.03. The van der Waals surface area contributed by atoms with E-state index >= 15 is 0 Å².